The molecule has 0 radical (unpaired) electrons. The Morgan fingerprint density at radius 1 is 0.496 bits per heavy atom. The summed E-state index contributed by atoms with van der Waals surface area (Å²) in [5, 5.41) is 178. The Bertz CT molecular complexity index is 5360. The van der Waals surface area contributed by atoms with Crippen LogP contribution in [0.5, 0.6) is 69.0 Å². The number of rotatable bonds is 18. The van der Waals surface area contributed by atoms with E-state index in [2.05, 4.69) is 56.4 Å². The van der Waals surface area contributed by atoms with Crippen molar-refractivity contribution in [3.8, 4) is 80.1 Å². The highest BCUT2D eigenvalue weighted by molar-refractivity contribution is 6.37. The minimum Gasteiger partial charge on any atom is -0.508 e. The molecule has 0 unspecified atom stereocenters. The Hall–Kier alpha value is -11.3. The van der Waals surface area contributed by atoms with E-state index in [4.69, 9.17) is 79.6 Å². The molecule has 15 rings (SSSR count). The van der Waals surface area contributed by atoms with Crippen LogP contribution < -0.4 is 66.2 Å². The van der Waals surface area contributed by atoms with E-state index in [1.165, 1.54) is 19.2 Å². The second-order valence-corrected chi connectivity index (χ2v) is 32.5. The second kappa shape index (κ2) is 38.3. The monoisotopic (exact) mass is 1810 g/mol. The highest BCUT2D eigenvalue weighted by Gasteiger charge is 2.52. The van der Waals surface area contributed by atoms with Gasteiger partial charge in [0, 0.05) is 40.8 Å². The number of unbranched alkanes of at least 4 members (excludes halogenated alkanes) is 5. The molecule has 8 aliphatic heterocycles. The number of hydrogen-bond acceptors (Lipinski definition) is 29. The number of ether oxygens (including phenoxy) is 7. The number of carboxylic acid groups (broad SMARTS) is 2. The Balaban J connectivity index is 1.06. The number of benzene rings is 7. The molecule has 19 atom stereocenters. The topological polar surface area (TPSA) is 598 Å². The van der Waals surface area contributed by atoms with E-state index < -0.39 is 304 Å². The molecule has 0 aliphatic carbocycles. The van der Waals surface area contributed by atoms with Crippen LogP contribution in [0.2, 0.25) is 20.1 Å². The summed E-state index contributed by atoms with van der Waals surface area (Å²) in [4.78, 5) is 136. The predicted octanol–water partition coefficient (Wildman–Crippen LogP) is 4.98. The largest absolute Gasteiger partial charge is 0.508 e. The standard InChI is InChI=1S/C83H86Cl4N8O30/c1-30(2)10-8-6-4-5-7-9-11-53(101)89-63-67(105)69(107)73(81(117)118)125-82(63)124-72-50-23-34-24-51(72)121-71-42(85)20-35(21-43(71)86)65(103)62-79(114)93-60(80(115)116)39-25-36(97)26-49(122-83-70(108)68(106)66(104)52(29-96)123-83)54(39)38-18-31(12-15-44(38)98)57(75(110)95-62)90-76(111)58(34)91-77(112)59-40-27-37(28-46(100)55(40)87)119-48-22-32(13-16-45(48)99)56(88-3)74(109)94-61(78(113)92-59)64(102)33-14-17-47(120-50)41(84)19-33/h12-28,30,52,56-70,73,82-83,88,96-100,102-108H,4-11,29H2,1-3H3,(H,89,101)(H,90,111)(H,91,112)(H,92,113)(H,93,114)(H,94,109)(H,95,110)(H,115,116)(H,117,118)/t52-,56+,57-,58-,59+,60+,61-,62+,63-,64-,65-,66-,67-,68+,69+,70+,73+,82-,83+/m1/s1. The number of amides is 7. The Morgan fingerprint density at radius 2 is 1.09 bits per heavy atom. The van der Waals surface area contributed by atoms with Gasteiger partial charge in [0.2, 0.25) is 59.7 Å². The number of phenols is 4. The van der Waals surface area contributed by atoms with E-state index in [1.54, 1.807) is 0 Å². The summed E-state index contributed by atoms with van der Waals surface area (Å²) in [6, 6.07) is -1.38. The maximum atomic E-state index is 16.7. The van der Waals surface area contributed by atoms with Crippen LogP contribution in [0.25, 0.3) is 11.1 Å². The fraction of sp³-hybridized carbons (Fsp3) is 0.386. The average Bonchev–Trinajstić information content (AvgIpc) is 0.755. The summed E-state index contributed by atoms with van der Waals surface area (Å²) in [5.74, 6) is -21.5. The summed E-state index contributed by atoms with van der Waals surface area (Å²) in [5.41, 5.74) is -4.54. The van der Waals surface area contributed by atoms with Crippen LogP contribution in [0.1, 0.15) is 147 Å². The van der Waals surface area contributed by atoms with Crippen LogP contribution in [0, 0.1) is 5.92 Å². The fourth-order valence-electron chi connectivity index (χ4n) is 15.3. The molecule has 8 aliphatic rings. The zero-order valence-corrected chi connectivity index (χ0v) is 69.1. The van der Waals surface area contributed by atoms with Crippen LogP contribution in [-0.4, -0.2) is 212 Å². The minimum absolute atomic E-state index is 0.0708. The van der Waals surface area contributed by atoms with Crippen LogP contribution in [0.15, 0.2) is 103 Å². The summed E-state index contributed by atoms with van der Waals surface area (Å²) in [6.07, 6.45) is -19.0. The SMILES string of the molecule is CN[C@@H]1C(=O)N[C@H]2C(=O)N[C@H](C(=O)N[C@H]3C(=O)N[C@H]4C(=O)N[C@H](C(=O)N[C@H](C(=O)O)c5cc(O)cc(O[C@H]6O[C@H](CO)[C@@H](O)[C@H](O)[C@@H]6O)c5-c5cc4ccc5O)[C@H](O)c4cc(Cl)c(c(Cl)c4)Oc4cc3cc(c4O[C@@H]3O[C@H](C(=O)O)[C@@H](O)[C@H](O)[C@H]3NC(=O)CCCCCCCCC(C)C)Oc3ccc(cc3Cl)[C@H]2O)c2cc(cc(O)c2Cl)Oc2cc1ccc2O. The van der Waals surface area contributed by atoms with Gasteiger partial charge in [-0.1, -0.05) is 117 Å². The molecule has 7 amide bonds. The molecule has 22 N–H and O–H groups in total. The lowest BCUT2D eigenvalue weighted by molar-refractivity contribution is -0.277. The van der Waals surface area contributed by atoms with Gasteiger partial charge in [0.25, 0.3) is 0 Å². The lowest BCUT2D eigenvalue weighted by Crippen LogP contribution is -2.66. The molecule has 38 nitrogen and oxygen atoms in total. The molecule has 0 spiro atoms. The number of carbonyl (C=O) groups excluding carboxylic acids is 7. The Labute approximate surface area is 729 Å². The van der Waals surface area contributed by atoms with Gasteiger partial charge >= 0.3 is 11.9 Å². The third-order valence-corrected chi connectivity index (χ3v) is 23.2. The molecule has 7 aromatic rings. The highest BCUT2D eigenvalue weighted by atomic mass is 35.5. The van der Waals surface area contributed by atoms with E-state index in [0.29, 0.717) is 18.8 Å². The molecule has 2 fully saturated rings. The number of aliphatic hydroxyl groups excluding tert-OH is 8. The van der Waals surface area contributed by atoms with Gasteiger partial charge in [0.1, 0.15) is 126 Å². The first kappa shape index (κ1) is 91.4. The van der Waals surface area contributed by atoms with Gasteiger partial charge < -0.3 is 147 Å². The summed E-state index contributed by atoms with van der Waals surface area (Å²) >= 11 is 28.5. The van der Waals surface area contributed by atoms with Crippen molar-refractivity contribution in [2.75, 3.05) is 13.7 Å². The normalized spacial score (nSPS) is 26.8. The van der Waals surface area contributed by atoms with Crippen LogP contribution >= 0.6 is 46.4 Å². The van der Waals surface area contributed by atoms with Gasteiger partial charge in [-0.25, -0.2) is 9.59 Å². The number of aliphatic carboxylic acids is 2. The molecular formula is C83H86Cl4N8O30. The number of carboxylic acids is 2. The zero-order valence-electron chi connectivity index (χ0n) is 66.0. The van der Waals surface area contributed by atoms with Crippen LogP contribution in [0.4, 0.5) is 0 Å². The van der Waals surface area contributed by atoms with Gasteiger partial charge in [-0.15, -0.1) is 0 Å². The fourth-order valence-corrected chi connectivity index (χ4v) is 16.4. The van der Waals surface area contributed by atoms with Gasteiger partial charge in [-0.3, -0.25) is 33.6 Å². The number of aliphatic hydroxyl groups is 8. The van der Waals surface area contributed by atoms with Crippen molar-refractivity contribution in [2.45, 2.75) is 181 Å². The van der Waals surface area contributed by atoms with Crippen molar-refractivity contribution >= 4 is 99.7 Å². The van der Waals surface area contributed by atoms with Gasteiger partial charge in [-0.2, -0.15) is 0 Å². The molecule has 0 saturated carbocycles. The molecule has 17 bridgehead atoms. The summed E-state index contributed by atoms with van der Waals surface area (Å²) in [6.45, 7) is 3.21. The summed E-state index contributed by atoms with van der Waals surface area (Å²) < 4.78 is 43.8. The first-order valence-corrected chi connectivity index (χ1v) is 40.7. The zero-order chi connectivity index (χ0) is 90.2. The first-order chi connectivity index (χ1) is 59.4. The highest BCUT2D eigenvalue weighted by Crippen LogP contribution is 2.52. The maximum Gasteiger partial charge on any atom is 0.335 e. The van der Waals surface area contributed by atoms with Crippen molar-refractivity contribution in [1.82, 2.24) is 42.5 Å². The van der Waals surface area contributed by atoms with Crippen molar-refractivity contribution in [3.63, 3.8) is 0 Å². The van der Waals surface area contributed by atoms with Crippen molar-refractivity contribution in [2.24, 2.45) is 5.92 Å². The maximum absolute atomic E-state index is 16.7. The molecular weight excluding hydrogens is 1730 g/mol. The van der Waals surface area contributed by atoms with Gasteiger partial charge in [0.05, 0.1) is 26.7 Å². The van der Waals surface area contributed by atoms with Crippen LogP contribution in [0.3, 0.4) is 0 Å². The number of carbonyl (C=O) groups is 9. The number of hydrogen-bond donors (Lipinski definition) is 22. The number of halogens is 4. The van der Waals surface area contributed by atoms with E-state index in [9.17, 15) is 90.7 Å². The molecule has 666 valence electrons. The number of fused-ring (bicyclic) bond motifs is 14. The molecule has 7 aromatic carbocycles. The second-order valence-electron chi connectivity index (χ2n) is 30.9. The number of phenolic OH excluding ortho intramolecular Hbond substituents is 4. The van der Waals surface area contributed by atoms with E-state index in [1.807, 2.05) is 0 Å². The number of likely N-dealkylation sites (N-methyl/N-ethyl adjacent to an activating group) is 1. The number of aromatic hydroxyl groups is 4. The summed E-state index contributed by atoms with van der Waals surface area (Å²) in [7, 11) is 1.34. The predicted molar refractivity (Wildman–Crippen MR) is 435 cm³/mol. The molecule has 125 heavy (non-hydrogen) atoms. The Morgan fingerprint density at radius 3 is 1.75 bits per heavy atom. The molecule has 42 heteroatoms. The van der Waals surface area contributed by atoms with E-state index in [0.717, 1.165) is 123 Å². The first-order valence-electron chi connectivity index (χ1n) is 39.2. The molecule has 2 saturated heterocycles. The van der Waals surface area contributed by atoms with Crippen molar-refractivity contribution in [3.05, 3.63) is 162 Å². The van der Waals surface area contributed by atoms with Gasteiger partial charge in [-0.05, 0) is 120 Å². The third-order valence-electron chi connectivity index (χ3n) is 21.9. The lowest BCUT2D eigenvalue weighted by atomic mass is 9.89. The smallest absolute Gasteiger partial charge is 0.335 e. The van der Waals surface area contributed by atoms with Crippen LogP contribution in [-0.2, 0) is 52.6 Å². The van der Waals surface area contributed by atoms with E-state index in [-0.39, 0.29) is 17.5 Å². The lowest BCUT2D eigenvalue weighted by Gasteiger charge is -2.41. The molecule has 0 aromatic heterocycles. The number of nitrogens with one attached hydrogen (secondary N) is 8. The van der Waals surface area contributed by atoms with Crippen molar-refractivity contribution < 1.29 is 148 Å². The van der Waals surface area contributed by atoms with Gasteiger partial charge in [0.15, 0.2) is 40.9 Å². The van der Waals surface area contributed by atoms with Crippen molar-refractivity contribution in [1.29, 1.82) is 0 Å². The average molecular weight is 1820 g/mol. The molecule has 8 heterocycles. The van der Waals surface area contributed by atoms with E-state index >= 15 is 24.0 Å². The Kier molecular flexibility index (Phi) is 28.0. The minimum atomic E-state index is -2.59. The quantitative estimate of drug-likeness (QED) is 0.0503. The third kappa shape index (κ3) is 19.4.